The molecule has 1 saturated heterocycles. The van der Waals surface area contributed by atoms with Gasteiger partial charge in [0.15, 0.2) is 5.82 Å². The zero-order valence-corrected chi connectivity index (χ0v) is 22.9. The number of rotatable bonds is 10. The molecule has 4 rings (SSSR count). The van der Waals surface area contributed by atoms with E-state index < -0.39 is 0 Å². The number of aryl methyl sites for hydroxylation is 2. The summed E-state index contributed by atoms with van der Waals surface area (Å²) in [5, 5.41) is 5.57. The number of nitrogens with one attached hydrogen (secondary N) is 1. The summed E-state index contributed by atoms with van der Waals surface area (Å²) >= 11 is 6.50. The summed E-state index contributed by atoms with van der Waals surface area (Å²) in [5.74, 6) is 1.94. The van der Waals surface area contributed by atoms with Crippen LogP contribution in [0, 0.1) is 13.8 Å². The number of ether oxygens (including phenoxy) is 1. The monoisotopic (exact) mass is 531 g/mol. The highest BCUT2D eigenvalue weighted by Gasteiger charge is 2.30. The predicted octanol–water partition coefficient (Wildman–Crippen LogP) is 6.52. The van der Waals surface area contributed by atoms with Crippen LogP contribution in [0.4, 0.5) is 17.5 Å². The maximum absolute atomic E-state index is 6.50. The predicted molar refractivity (Wildman–Crippen MR) is 149 cm³/mol. The van der Waals surface area contributed by atoms with Crippen LogP contribution in [0.2, 0.25) is 5.02 Å². The average Bonchev–Trinajstić information content (AvgIpc) is 3.35. The zero-order valence-electron chi connectivity index (χ0n) is 21.3. The van der Waals surface area contributed by atoms with Gasteiger partial charge in [-0.2, -0.15) is 4.98 Å². The molecule has 0 spiro atoms. The lowest BCUT2D eigenvalue weighted by molar-refractivity contribution is 0.157. The van der Waals surface area contributed by atoms with Crippen molar-refractivity contribution in [3.05, 3.63) is 70.4 Å². The van der Waals surface area contributed by atoms with Crippen LogP contribution < -0.4 is 15.1 Å². The summed E-state index contributed by atoms with van der Waals surface area (Å²) in [4.78, 5) is 17.4. The molecule has 0 amide bonds. The molecule has 1 aliphatic heterocycles. The van der Waals surface area contributed by atoms with Crippen molar-refractivity contribution in [1.82, 2.24) is 14.9 Å². The molecule has 7 nitrogen and oxygen atoms in total. The van der Waals surface area contributed by atoms with Gasteiger partial charge in [0.25, 0.3) is 0 Å². The first kappa shape index (κ1) is 28.0. The quantitative estimate of drug-likeness (QED) is 0.319. The van der Waals surface area contributed by atoms with Gasteiger partial charge in [-0.15, -0.1) is 12.4 Å². The fourth-order valence-electron chi connectivity index (χ4n) is 4.42. The van der Waals surface area contributed by atoms with Crippen molar-refractivity contribution < 1.29 is 9.57 Å². The Kier molecular flexibility index (Phi) is 10.2. The first-order valence-electron chi connectivity index (χ1n) is 12.2. The van der Waals surface area contributed by atoms with Gasteiger partial charge in [0, 0.05) is 18.7 Å². The van der Waals surface area contributed by atoms with E-state index in [0.29, 0.717) is 30.0 Å². The highest BCUT2D eigenvalue weighted by Crippen LogP contribution is 2.37. The number of anilines is 3. The number of benzene rings is 2. The minimum absolute atomic E-state index is 0. The molecule has 1 atom stereocenters. The Morgan fingerprint density at radius 3 is 2.50 bits per heavy atom. The standard InChI is InChI=1S/C27H34ClN5O2.ClH/c1-5-32(6-2)13-15-34-25-19(3)16-22(17-20(25)4)30-27-29-18-23(28)26(31-27)33-24(12-14-35-33)21-10-8-7-9-11-21;/h7-11,16-18,24H,5-6,12-15H2,1-4H3,(H,29,30,31);1H. The highest BCUT2D eigenvalue weighted by atomic mass is 35.5. The molecule has 2 aromatic carbocycles. The maximum atomic E-state index is 6.50. The molecular formula is C27H35Cl2N5O2. The summed E-state index contributed by atoms with van der Waals surface area (Å²) in [7, 11) is 0. The Bertz CT molecular complexity index is 1110. The van der Waals surface area contributed by atoms with Gasteiger partial charge >= 0.3 is 0 Å². The van der Waals surface area contributed by atoms with Crippen LogP contribution in [0.1, 0.15) is 43.0 Å². The third-order valence-electron chi connectivity index (χ3n) is 6.29. The zero-order chi connectivity index (χ0) is 24.8. The number of likely N-dealkylation sites (N-methyl/N-ethyl adjacent to an activating group) is 1. The van der Waals surface area contributed by atoms with Crippen LogP contribution in [0.25, 0.3) is 0 Å². The molecule has 9 heteroatoms. The molecule has 0 bridgehead atoms. The van der Waals surface area contributed by atoms with Gasteiger partial charge < -0.3 is 15.0 Å². The van der Waals surface area contributed by atoms with E-state index in [1.807, 2.05) is 18.2 Å². The Hall–Kier alpha value is -2.58. The average molecular weight is 533 g/mol. The lowest BCUT2D eigenvalue weighted by Crippen LogP contribution is -2.28. The Balaban J connectivity index is 0.00000361. The molecule has 0 radical (unpaired) electrons. The minimum atomic E-state index is 0. The molecule has 1 unspecified atom stereocenters. The van der Waals surface area contributed by atoms with Gasteiger partial charge in [-0.25, -0.2) is 10.0 Å². The number of nitrogens with zero attached hydrogens (tertiary/aromatic N) is 4. The molecule has 194 valence electrons. The number of hydrogen-bond acceptors (Lipinski definition) is 7. The summed E-state index contributed by atoms with van der Waals surface area (Å²) in [5.41, 5.74) is 4.19. The van der Waals surface area contributed by atoms with Crippen LogP contribution in [-0.2, 0) is 4.84 Å². The Morgan fingerprint density at radius 2 is 1.83 bits per heavy atom. The second-order valence-electron chi connectivity index (χ2n) is 8.68. The van der Waals surface area contributed by atoms with E-state index in [0.717, 1.165) is 54.2 Å². The summed E-state index contributed by atoms with van der Waals surface area (Å²) in [6.07, 6.45) is 2.47. The van der Waals surface area contributed by atoms with E-state index in [9.17, 15) is 0 Å². The van der Waals surface area contributed by atoms with Crippen molar-refractivity contribution in [2.24, 2.45) is 0 Å². The van der Waals surface area contributed by atoms with Crippen LogP contribution >= 0.6 is 24.0 Å². The summed E-state index contributed by atoms with van der Waals surface area (Å²) < 4.78 is 6.12. The number of hydrogen-bond donors (Lipinski definition) is 1. The SMILES string of the molecule is CCN(CC)CCOc1c(C)cc(Nc2ncc(Cl)c(N3OCCC3c3ccccc3)n2)cc1C.Cl. The third-order valence-corrected chi connectivity index (χ3v) is 6.55. The Morgan fingerprint density at radius 1 is 1.14 bits per heavy atom. The summed E-state index contributed by atoms with van der Waals surface area (Å²) in [6, 6.07) is 14.4. The molecule has 1 aliphatic rings. The number of aromatic nitrogens is 2. The van der Waals surface area contributed by atoms with E-state index in [1.54, 1.807) is 11.3 Å². The van der Waals surface area contributed by atoms with Gasteiger partial charge in [0.05, 0.1) is 18.8 Å². The molecule has 1 fully saturated rings. The first-order chi connectivity index (χ1) is 17.0. The first-order valence-corrected chi connectivity index (χ1v) is 12.6. The lowest BCUT2D eigenvalue weighted by Gasteiger charge is -2.24. The maximum Gasteiger partial charge on any atom is 0.229 e. The second-order valence-corrected chi connectivity index (χ2v) is 9.09. The molecule has 1 N–H and O–H groups in total. The smallest absolute Gasteiger partial charge is 0.229 e. The minimum Gasteiger partial charge on any atom is -0.492 e. The van der Waals surface area contributed by atoms with E-state index in [2.05, 4.69) is 67.2 Å². The van der Waals surface area contributed by atoms with Crippen LogP contribution in [0.5, 0.6) is 5.75 Å². The fourth-order valence-corrected chi connectivity index (χ4v) is 4.60. The van der Waals surface area contributed by atoms with Crippen molar-refractivity contribution in [2.75, 3.05) is 43.2 Å². The van der Waals surface area contributed by atoms with Crippen molar-refractivity contribution in [3.63, 3.8) is 0 Å². The van der Waals surface area contributed by atoms with Crippen molar-refractivity contribution in [3.8, 4) is 5.75 Å². The van der Waals surface area contributed by atoms with Gasteiger partial charge in [-0.05, 0) is 55.8 Å². The van der Waals surface area contributed by atoms with Crippen molar-refractivity contribution in [2.45, 2.75) is 40.2 Å². The number of hydroxylamine groups is 1. The van der Waals surface area contributed by atoms with E-state index in [4.69, 9.17) is 26.2 Å². The lowest BCUT2D eigenvalue weighted by atomic mass is 10.0. The molecule has 36 heavy (non-hydrogen) atoms. The largest absolute Gasteiger partial charge is 0.492 e. The number of halogens is 2. The van der Waals surface area contributed by atoms with E-state index in [1.165, 1.54) is 0 Å². The normalized spacial score (nSPS) is 15.2. The molecule has 3 aromatic rings. The van der Waals surface area contributed by atoms with E-state index in [-0.39, 0.29) is 18.4 Å². The highest BCUT2D eigenvalue weighted by molar-refractivity contribution is 6.32. The molecular weight excluding hydrogens is 497 g/mol. The molecule has 0 saturated carbocycles. The van der Waals surface area contributed by atoms with Crippen LogP contribution in [0.15, 0.2) is 48.7 Å². The van der Waals surface area contributed by atoms with E-state index >= 15 is 0 Å². The van der Waals surface area contributed by atoms with Gasteiger partial charge in [-0.3, -0.25) is 4.84 Å². The van der Waals surface area contributed by atoms with Gasteiger partial charge in [0.2, 0.25) is 5.95 Å². The van der Waals surface area contributed by atoms with Crippen LogP contribution in [-0.4, -0.2) is 47.7 Å². The van der Waals surface area contributed by atoms with Gasteiger partial charge in [0.1, 0.15) is 17.4 Å². The van der Waals surface area contributed by atoms with Crippen molar-refractivity contribution >= 4 is 41.5 Å². The molecule has 1 aromatic heterocycles. The summed E-state index contributed by atoms with van der Waals surface area (Å²) in [6.45, 7) is 12.7. The van der Waals surface area contributed by atoms with Crippen LogP contribution in [0.3, 0.4) is 0 Å². The van der Waals surface area contributed by atoms with Gasteiger partial charge in [-0.1, -0.05) is 55.8 Å². The third kappa shape index (κ3) is 6.59. The second kappa shape index (κ2) is 13.1. The topological polar surface area (TPSA) is 62.8 Å². The van der Waals surface area contributed by atoms with Crippen molar-refractivity contribution in [1.29, 1.82) is 0 Å². The molecule has 0 aliphatic carbocycles. The fraction of sp³-hybridized carbons (Fsp3) is 0.407. The Labute approximate surface area is 225 Å². The molecule has 2 heterocycles.